The van der Waals surface area contributed by atoms with Crippen molar-refractivity contribution in [3.05, 3.63) is 59.7 Å². The standard InChI is InChI=1S/C25H31NO4/c1-4-27-25(28-5-2)17-22(21-13-14-23-24(16-21)30-18-29-23)19(3)26-15-9-12-20-10-7-6-8-11-20/h6-8,10-11,13-14,16,19,22,25-26H,4-5,15,17-18H2,1-3H3. The summed E-state index contributed by atoms with van der Waals surface area (Å²) in [6.07, 6.45) is 0.483. The molecular formula is C25H31NO4. The number of fused-ring (bicyclic) bond motifs is 1. The first-order valence-electron chi connectivity index (χ1n) is 10.6. The summed E-state index contributed by atoms with van der Waals surface area (Å²) in [6, 6.07) is 16.3. The minimum Gasteiger partial charge on any atom is -0.454 e. The molecule has 2 unspecified atom stereocenters. The molecule has 3 rings (SSSR count). The molecule has 160 valence electrons. The second kappa shape index (κ2) is 11.6. The molecule has 0 amide bonds. The molecule has 30 heavy (non-hydrogen) atoms. The topological polar surface area (TPSA) is 49.0 Å². The molecule has 5 nitrogen and oxygen atoms in total. The SMILES string of the molecule is CCOC(CC(c1ccc2c(c1)OCO2)C(C)NCC#Cc1ccccc1)OCC. The Morgan fingerprint density at radius 3 is 2.47 bits per heavy atom. The van der Waals surface area contributed by atoms with Crippen molar-refractivity contribution in [2.75, 3.05) is 26.6 Å². The summed E-state index contributed by atoms with van der Waals surface area (Å²) in [5.41, 5.74) is 2.19. The molecule has 0 bridgehead atoms. The van der Waals surface area contributed by atoms with Gasteiger partial charge in [0, 0.05) is 37.2 Å². The maximum Gasteiger partial charge on any atom is 0.231 e. The smallest absolute Gasteiger partial charge is 0.231 e. The molecule has 1 N–H and O–H groups in total. The van der Waals surface area contributed by atoms with E-state index in [1.54, 1.807) is 0 Å². The largest absolute Gasteiger partial charge is 0.454 e. The lowest BCUT2D eigenvalue weighted by molar-refractivity contribution is -0.143. The second-order valence-electron chi connectivity index (χ2n) is 7.13. The maximum atomic E-state index is 5.83. The van der Waals surface area contributed by atoms with E-state index in [2.05, 4.69) is 36.2 Å². The molecule has 1 aliphatic rings. The Hall–Kier alpha value is -2.52. The zero-order chi connectivity index (χ0) is 21.2. The highest BCUT2D eigenvalue weighted by Crippen LogP contribution is 2.37. The lowest BCUT2D eigenvalue weighted by Crippen LogP contribution is -2.35. The van der Waals surface area contributed by atoms with Gasteiger partial charge in [-0.05, 0) is 50.6 Å². The molecule has 0 radical (unpaired) electrons. The van der Waals surface area contributed by atoms with Gasteiger partial charge in [-0.15, -0.1) is 0 Å². The highest BCUT2D eigenvalue weighted by molar-refractivity contribution is 5.45. The number of hydrogen-bond acceptors (Lipinski definition) is 5. The zero-order valence-corrected chi connectivity index (χ0v) is 18.0. The summed E-state index contributed by atoms with van der Waals surface area (Å²) in [7, 11) is 0. The highest BCUT2D eigenvalue weighted by Gasteiger charge is 2.26. The quantitative estimate of drug-likeness (QED) is 0.468. The lowest BCUT2D eigenvalue weighted by atomic mass is 9.88. The van der Waals surface area contributed by atoms with Gasteiger partial charge in [-0.3, -0.25) is 0 Å². The predicted molar refractivity (Wildman–Crippen MR) is 118 cm³/mol. The molecule has 0 fully saturated rings. The lowest BCUT2D eigenvalue weighted by Gasteiger charge is -2.29. The fourth-order valence-electron chi connectivity index (χ4n) is 3.56. The van der Waals surface area contributed by atoms with E-state index < -0.39 is 0 Å². The zero-order valence-electron chi connectivity index (χ0n) is 18.0. The molecule has 5 heteroatoms. The van der Waals surface area contributed by atoms with Crippen LogP contribution in [0.2, 0.25) is 0 Å². The minimum absolute atomic E-state index is 0.166. The second-order valence-corrected chi connectivity index (χ2v) is 7.13. The first-order valence-corrected chi connectivity index (χ1v) is 10.6. The van der Waals surface area contributed by atoms with Crippen LogP contribution in [-0.4, -0.2) is 38.9 Å². The van der Waals surface area contributed by atoms with Crippen molar-refractivity contribution >= 4 is 0 Å². The monoisotopic (exact) mass is 409 g/mol. The van der Waals surface area contributed by atoms with Crippen LogP contribution in [-0.2, 0) is 9.47 Å². The van der Waals surface area contributed by atoms with Gasteiger partial charge in [-0.1, -0.05) is 36.1 Å². The normalized spacial score (nSPS) is 14.3. The average Bonchev–Trinajstić information content (AvgIpc) is 3.24. The van der Waals surface area contributed by atoms with Gasteiger partial charge in [0.2, 0.25) is 6.79 Å². The van der Waals surface area contributed by atoms with Crippen molar-refractivity contribution in [1.82, 2.24) is 5.32 Å². The molecule has 0 aromatic heterocycles. The van der Waals surface area contributed by atoms with E-state index in [4.69, 9.17) is 18.9 Å². The van der Waals surface area contributed by atoms with Gasteiger partial charge in [0.1, 0.15) is 0 Å². The van der Waals surface area contributed by atoms with Crippen LogP contribution in [0.4, 0.5) is 0 Å². The first kappa shape index (κ1) is 22.2. The summed E-state index contributed by atoms with van der Waals surface area (Å²) >= 11 is 0. The van der Waals surface area contributed by atoms with E-state index in [0.29, 0.717) is 19.8 Å². The third-order valence-corrected chi connectivity index (χ3v) is 5.10. The maximum absolute atomic E-state index is 5.83. The van der Waals surface area contributed by atoms with Gasteiger partial charge >= 0.3 is 0 Å². The Bertz CT molecular complexity index is 837. The number of benzene rings is 2. The van der Waals surface area contributed by atoms with Crippen LogP contribution in [0, 0.1) is 11.8 Å². The minimum atomic E-state index is -0.255. The summed E-state index contributed by atoms with van der Waals surface area (Å²) in [4.78, 5) is 0. The fourth-order valence-corrected chi connectivity index (χ4v) is 3.56. The summed E-state index contributed by atoms with van der Waals surface area (Å²) in [5, 5.41) is 3.55. The molecule has 1 aliphatic heterocycles. The molecule has 2 aromatic carbocycles. The summed E-state index contributed by atoms with van der Waals surface area (Å²) in [5.74, 6) is 8.16. The Balaban J connectivity index is 1.71. The Morgan fingerprint density at radius 2 is 1.73 bits per heavy atom. The van der Waals surface area contributed by atoms with E-state index in [-0.39, 0.29) is 25.0 Å². The molecule has 1 heterocycles. The molecule has 0 saturated carbocycles. The van der Waals surface area contributed by atoms with Crippen molar-refractivity contribution in [1.29, 1.82) is 0 Å². The molecule has 0 spiro atoms. The van der Waals surface area contributed by atoms with Crippen LogP contribution in [0.5, 0.6) is 11.5 Å². The van der Waals surface area contributed by atoms with Crippen molar-refractivity contribution in [3.8, 4) is 23.3 Å². The molecule has 2 aromatic rings. The molecule has 0 aliphatic carbocycles. The van der Waals surface area contributed by atoms with Gasteiger partial charge in [0.05, 0.1) is 6.54 Å². The van der Waals surface area contributed by atoms with E-state index >= 15 is 0 Å². The molecule has 0 saturated heterocycles. The molecular weight excluding hydrogens is 378 g/mol. The Kier molecular flexibility index (Phi) is 8.58. The number of nitrogens with one attached hydrogen (secondary N) is 1. The Labute approximate surface area is 179 Å². The van der Waals surface area contributed by atoms with Crippen molar-refractivity contribution in [2.45, 2.75) is 45.4 Å². The highest BCUT2D eigenvalue weighted by atomic mass is 16.7. The van der Waals surface area contributed by atoms with Gasteiger partial charge in [-0.25, -0.2) is 0 Å². The summed E-state index contributed by atoms with van der Waals surface area (Å²) < 4.78 is 22.7. The van der Waals surface area contributed by atoms with E-state index in [1.165, 1.54) is 5.56 Å². The van der Waals surface area contributed by atoms with Crippen molar-refractivity contribution < 1.29 is 18.9 Å². The van der Waals surface area contributed by atoms with Crippen LogP contribution >= 0.6 is 0 Å². The third kappa shape index (κ3) is 6.24. The number of ether oxygens (including phenoxy) is 4. The number of hydrogen-bond donors (Lipinski definition) is 1. The van der Waals surface area contributed by atoms with Crippen LogP contribution in [0.3, 0.4) is 0 Å². The van der Waals surface area contributed by atoms with Gasteiger partial charge in [-0.2, -0.15) is 0 Å². The summed E-state index contributed by atoms with van der Waals surface area (Å²) in [6.45, 7) is 8.25. The van der Waals surface area contributed by atoms with E-state index in [9.17, 15) is 0 Å². The first-order chi connectivity index (χ1) is 14.7. The third-order valence-electron chi connectivity index (χ3n) is 5.10. The molecule has 2 atom stereocenters. The van der Waals surface area contributed by atoms with Crippen molar-refractivity contribution in [2.24, 2.45) is 0 Å². The van der Waals surface area contributed by atoms with Crippen LogP contribution < -0.4 is 14.8 Å². The van der Waals surface area contributed by atoms with Crippen LogP contribution in [0.15, 0.2) is 48.5 Å². The van der Waals surface area contributed by atoms with Gasteiger partial charge in [0.25, 0.3) is 0 Å². The predicted octanol–water partition coefficient (Wildman–Crippen LogP) is 4.32. The Morgan fingerprint density at radius 1 is 1.00 bits per heavy atom. The van der Waals surface area contributed by atoms with Gasteiger partial charge < -0.3 is 24.3 Å². The fraction of sp³-hybridized carbons (Fsp3) is 0.440. The van der Waals surface area contributed by atoms with Crippen LogP contribution in [0.1, 0.15) is 44.2 Å². The number of rotatable bonds is 10. The van der Waals surface area contributed by atoms with E-state index in [0.717, 1.165) is 23.5 Å². The van der Waals surface area contributed by atoms with Crippen LogP contribution in [0.25, 0.3) is 0 Å². The van der Waals surface area contributed by atoms with Gasteiger partial charge in [0.15, 0.2) is 17.8 Å². The average molecular weight is 410 g/mol. The van der Waals surface area contributed by atoms with Crippen molar-refractivity contribution in [3.63, 3.8) is 0 Å². The van der Waals surface area contributed by atoms with E-state index in [1.807, 2.05) is 50.2 Å².